The number of allylic oxidation sites excluding steroid dienone is 3. The molecular weight excluding hydrogens is 184 g/mol. The van der Waals surface area contributed by atoms with E-state index in [2.05, 4.69) is 24.8 Å². The first-order chi connectivity index (χ1) is 5.83. The van der Waals surface area contributed by atoms with Crippen molar-refractivity contribution in [1.29, 1.82) is 0 Å². The Morgan fingerprint density at radius 1 is 1.42 bits per heavy atom. The maximum absolute atomic E-state index is 5.72. The third-order valence-corrected chi connectivity index (χ3v) is 7.73. The monoisotopic (exact) mass is 200 g/mol. The summed E-state index contributed by atoms with van der Waals surface area (Å²) in [5.74, 6) is 0.825. The van der Waals surface area contributed by atoms with Gasteiger partial charge in [0.25, 0.3) is 0 Å². The van der Waals surface area contributed by atoms with E-state index in [1.54, 1.807) is 0 Å². The van der Waals surface area contributed by atoms with Crippen molar-refractivity contribution in [2.24, 2.45) is 0 Å². The number of halogens is 1. The van der Waals surface area contributed by atoms with Crippen LogP contribution in [-0.4, -0.2) is 14.0 Å². The highest BCUT2D eigenvalue weighted by Gasteiger charge is 2.30. The largest absolute Gasteiger partial charge is 0.127 e. The molecule has 68 valence electrons. The van der Waals surface area contributed by atoms with Gasteiger partial charge in [-0.25, -0.2) is 0 Å². The van der Waals surface area contributed by atoms with Crippen LogP contribution in [0.3, 0.4) is 0 Å². The zero-order chi connectivity index (χ0) is 8.86. The van der Waals surface area contributed by atoms with Gasteiger partial charge in [0.15, 0.2) is 0 Å². The molecular formula is C10H17ClSi. The zero-order valence-electron chi connectivity index (χ0n) is 7.56. The number of hydrogen-bond acceptors (Lipinski definition) is 0. The second-order valence-electron chi connectivity index (χ2n) is 3.66. The standard InChI is InChI=1S/C10H17ClSi/c1-2-7-12(10-5-6-11)8-3-4-9-12/h2-4H,1,5-10H2. The van der Waals surface area contributed by atoms with Crippen LogP contribution in [0.15, 0.2) is 24.8 Å². The molecule has 0 unspecified atom stereocenters. The van der Waals surface area contributed by atoms with Crippen LogP contribution in [-0.2, 0) is 0 Å². The van der Waals surface area contributed by atoms with Crippen LogP contribution >= 0.6 is 11.6 Å². The van der Waals surface area contributed by atoms with E-state index in [9.17, 15) is 0 Å². The third kappa shape index (κ3) is 2.49. The van der Waals surface area contributed by atoms with Crippen LogP contribution in [0.5, 0.6) is 0 Å². The Morgan fingerprint density at radius 3 is 2.58 bits per heavy atom. The molecule has 1 heterocycles. The van der Waals surface area contributed by atoms with Gasteiger partial charge in [0.1, 0.15) is 0 Å². The Labute approximate surface area is 81.3 Å². The Kier molecular flexibility index (Phi) is 4.09. The van der Waals surface area contributed by atoms with Crippen LogP contribution in [0.1, 0.15) is 6.42 Å². The third-order valence-electron chi connectivity index (χ3n) is 2.69. The van der Waals surface area contributed by atoms with E-state index >= 15 is 0 Å². The number of hydrogen-bond donors (Lipinski definition) is 0. The summed E-state index contributed by atoms with van der Waals surface area (Å²) in [5, 5.41) is 0. The highest BCUT2D eigenvalue weighted by molar-refractivity contribution is 6.81. The molecule has 12 heavy (non-hydrogen) atoms. The second-order valence-corrected chi connectivity index (χ2v) is 8.77. The lowest BCUT2D eigenvalue weighted by Crippen LogP contribution is -2.29. The van der Waals surface area contributed by atoms with Crippen molar-refractivity contribution in [3.05, 3.63) is 24.8 Å². The molecule has 0 aromatic carbocycles. The summed E-state index contributed by atoms with van der Waals surface area (Å²) in [6.45, 7) is 3.85. The van der Waals surface area contributed by atoms with E-state index in [-0.39, 0.29) is 0 Å². The molecule has 0 aliphatic carbocycles. The minimum Gasteiger partial charge on any atom is -0.127 e. The van der Waals surface area contributed by atoms with Crippen LogP contribution in [0.4, 0.5) is 0 Å². The highest BCUT2D eigenvalue weighted by atomic mass is 35.5. The Bertz CT molecular complexity index is 167. The molecule has 0 bridgehead atoms. The summed E-state index contributed by atoms with van der Waals surface area (Å²) in [5.41, 5.74) is 0. The van der Waals surface area contributed by atoms with E-state index in [0.717, 1.165) is 5.88 Å². The molecule has 0 aromatic rings. The van der Waals surface area contributed by atoms with Crippen molar-refractivity contribution < 1.29 is 0 Å². The molecule has 0 saturated carbocycles. The van der Waals surface area contributed by atoms with Crippen molar-refractivity contribution in [2.45, 2.75) is 30.6 Å². The molecule has 0 nitrogen and oxygen atoms in total. The van der Waals surface area contributed by atoms with Crippen LogP contribution in [0, 0.1) is 0 Å². The van der Waals surface area contributed by atoms with E-state index in [1.807, 2.05) is 0 Å². The molecule has 1 aliphatic heterocycles. The first-order valence-corrected chi connectivity index (χ1v) is 8.01. The van der Waals surface area contributed by atoms with Crippen LogP contribution in [0.25, 0.3) is 0 Å². The molecule has 0 radical (unpaired) electrons. The first-order valence-electron chi connectivity index (χ1n) is 4.65. The van der Waals surface area contributed by atoms with Crippen molar-refractivity contribution in [1.82, 2.24) is 0 Å². The fourth-order valence-electron chi connectivity index (χ4n) is 1.97. The molecule has 1 aliphatic rings. The molecule has 1 rings (SSSR count). The molecule has 0 saturated heterocycles. The average Bonchev–Trinajstić information content (AvgIpc) is 2.51. The lowest BCUT2D eigenvalue weighted by Gasteiger charge is -2.24. The summed E-state index contributed by atoms with van der Waals surface area (Å²) in [6.07, 6.45) is 8.00. The van der Waals surface area contributed by atoms with Crippen molar-refractivity contribution in [3.63, 3.8) is 0 Å². The lowest BCUT2D eigenvalue weighted by molar-refractivity contribution is 1.04. The van der Waals surface area contributed by atoms with Gasteiger partial charge in [-0.05, 0) is 24.6 Å². The Balaban J connectivity index is 2.42. The normalized spacial score (nSPS) is 19.8. The maximum atomic E-state index is 5.72. The fourth-order valence-corrected chi connectivity index (χ4v) is 6.31. The molecule has 0 aromatic heterocycles. The number of alkyl halides is 1. The molecule has 0 fully saturated rings. The van der Waals surface area contributed by atoms with Crippen LogP contribution in [0.2, 0.25) is 24.2 Å². The summed E-state index contributed by atoms with van der Waals surface area (Å²) in [7, 11) is -0.967. The minimum absolute atomic E-state index is 0.825. The van der Waals surface area contributed by atoms with E-state index in [0.29, 0.717) is 0 Å². The Morgan fingerprint density at radius 2 is 2.08 bits per heavy atom. The van der Waals surface area contributed by atoms with Gasteiger partial charge in [-0.2, -0.15) is 0 Å². The quantitative estimate of drug-likeness (QED) is 0.360. The van der Waals surface area contributed by atoms with Gasteiger partial charge in [0.05, 0.1) is 8.07 Å². The smallest absolute Gasteiger partial charge is 0.0648 e. The predicted molar refractivity (Wildman–Crippen MR) is 59.7 cm³/mol. The van der Waals surface area contributed by atoms with E-state index in [1.165, 1.54) is 30.6 Å². The lowest BCUT2D eigenvalue weighted by atomic mass is 10.6. The molecule has 0 amide bonds. The van der Waals surface area contributed by atoms with Gasteiger partial charge >= 0.3 is 0 Å². The molecule has 0 spiro atoms. The van der Waals surface area contributed by atoms with Crippen molar-refractivity contribution >= 4 is 19.7 Å². The summed E-state index contributed by atoms with van der Waals surface area (Å²) in [4.78, 5) is 0. The average molecular weight is 201 g/mol. The SMILES string of the molecule is C=CC[Si]1(CCCCl)CC=CC1. The van der Waals surface area contributed by atoms with Gasteiger partial charge in [-0.3, -0.25) is 0 Å². The maximum Gasteiger partial charge on any atom is 0.0648 e. The summed E-state index contributed by atoms with van der Waals surface area (Å²) < 4.78 is 0. The number of rotatable bonds is 5. The van der Waals surface area contributed by atoms with Gasteiger partial charge < -0.3 is 0 Å². The highest BCUT2D eigenvalue weighted by Crippen LogP contribution is 2.33. The van der Waals surface area contributed by atoms with Crippen molar-refractivity contribution in [3.8, 4) is 0 Å². The van der Waals surface area contributed by atoms with E-state index < -0.39 is 8.07 Å². The molecule has 0 N–H and O–H groups in total. The minimum atomic E-state index is -0.967. The predicted octanol–water partition coefficient (Wildman–Crippen LogP) is 3.82. The topological polar surface area (TPSA) is 0 Å². The van der Waals surface area contributed by atoms with Gasteiger partial charge in [-0.15, -0.1) is 18.2 Å². The van der Waals surface area contributed by atoms with Gasteiger partial charge in [-0.1, -0.05) is 24.3 Å². The fraction of sp³-hybridized carbons (Fsp3) is 0.600. The summed E-state index contributed by atoms with van der Waals surface area (Å²) in [6, 6.07) is 5.37. The Hall–Kier alpha value is -0.0131. The van der Waals surface area contributed by atoms with Crippen LogP contribution < -0.4 is 0 Å². The van der Waals surface area contributed by atoms with Gasteiger partial charge in [0, 0.05) is 5.88 Å². The molecule has 2 heteroatoms. The van der Waals surface area contributed by atoms with E-state index in [4.69, 9.17) is 11.6 Å². The first kappa shape index (κ1) is 10.1. The zero-order valence-corrected chi connectivity index (χ0v) is 9.32. The van der Waals surface area contributed by atoms with Crippen molar-refractivity contribution in [2.75, 3.05) is 5.88 Å². The molecule has 0 atom stereocenters. The second kappa shape index (κ2) is 4.88. The summed E-state index contributed by atoms with van der Waals surface area (Å²) >= 11 is 5.72. The van der Waals surface area contributed by atoms with Gasteiger partial charge in [0.2, 0.25) is 0 Å².